The number of carbonyl (C=O) groups excluding carboxylic acids is 2. The molecule has 1 saturated heterocycles. The molecule has 1 fully saturated rings. The van der Waals surface area contributed by atoms with Gasteiger partial charge in [0.1, 0.15) is 5.82 Å². The lowest BCUT2D eigenvalue weighted by Gasteiger charge is -2.37. The zero-order chi connectivity index (χ0) is 25.2. The van der Waals surface area contributed by atoms with Crippen LogP contribution in [0.4, 0.5) is 11.8 Å². The zero-order valence-corrected chi connectivity index (χ0v) is 20.9. The number of nitrogens with zero attached hydrogens (tertiary/aromatic N) is 4. The molecule has 2 aromatic carbocycles. The molecule has 36 heavy (non-hydrogen) atoms. The molecule has 0 saturated carbocycles. The topological polar surface area (TPSA) is 104 Å². The Kier molecular flexibility index (Phi) is 6.78. The molecule has 5 rings (SSSR count). The zero-order valence-electron chi connectivity index (χ0n) is 20.2. The number of aromatic nitrogens is 2. The summed E-state index contributed by atoms with van der Waals surface area (Å²) < 4.78 is 0. The van der Waals surface area contributed by atoms with E-state index in [0.717, 1.165) is 55.7 Å². The van der Waals surface area contributed by atoms with Gasteiger partial charge < -0.3 is 20.9 Å². The second kappa shape index (κ2) is 10.1. The smallest absolute Gasteiger partial charge is 0.253 e. The number of hydrogen-bond acceptors (Lipinski definition) is 6. The van der Waals surface area contributed by atoms with Gasteiger partial charge in [0.2, 0.25) is 5.95 Å². The van der Waals surface area contributed by atoms with E-state index >= 15 is 0 Å². The summed E-state index contributed by atoms with van der Waals surface area (Å²) in [4.78, 5) is 38.5. The lowest BCUT2D eigenvalue weighted by molar-refractivity contribution is 0.0709. The van der Waals surface area contributed by atoms with E-state index in [9.17, 15) is 9.59 Å². The van der Waals surface area contributed by atoms with Crippen LogP contribution in [0.1, 0.15) is 57.1 Å². The monoisotopic (exact) mass is 504 g/mol. The van der Waals surface area contributed by atoms with Gasteiger partial charge in [-0.3, -0.25) is 9.59 Å². The maximum absolute atomic E-state index is 13.4. The predicted molar refractivity (Wildman–Crippen MR) is 140 cm³/mol. The summed E-state index contributed by atoms with van der Waals surface area (Å²) in [6.07, 6.45) is 5.00. The highest BCUT2D eigenvalue weighted by molar-refractivity contribution is 6.33. The molecule has 1 aliphatic heterocycles. The van der Waals surface area contributed by atoms with Crippen LogP contribution < -0.4 is 16.0 Å². The van der Waals surface area contributed by atoms with Crippen molar-refractivity contribution >= 4 is 35.2 Å². The lowest BCUT2D eigenvalue weighted by atomic mass is 10.00. The van der Waals surface area contributed by atoms with Crippen molar-refractivity contribution in [2.75, 3.05) is 30.8 Å². The van der Waals surface area contributed by atoms with E-state index in [2.05, 4.69) is 20.2 Å². The number of halogens is 1. The number of rotatable bonds is 5. The predicted octanol–water partition coefficient (Wildman–Crippen LogP) is 3.87. The van der Waals surface area contributed by atoms with Crippen molar-refractivity contribution in [3.05, 3.63) is 82.0 Å². The SMILES string of the molecule is CN(C(=O)c1ccc2c(c1)C(NC(=O)c1ccccc1Cl)CC2)C1CCN(c2ccnc(N)n2)CC1. The molecule has 0 bridgehead atoms. The highest BCUT2D eigenvalue weighted by Crippen LogP contribution is 2.33. The Hall–Kier alpha value is -3.65. The van der Waals surface area contributed by atoms with Gasteiger partial charge in [-0.2, -0.15) is 4.98 Å². The van der Waals surface area contributed by atoms with Crippen LogP contribution in [0, 0.1) is 0 Å². The number of piperidine rings is 1. The molecule has 1 unspecified atom stereocenters. The number of aryl methyl sites for hydroxylation is 1. The fraction of sp³-hybridized carbons (Fsp3) is 0.333. The van der Waals surface area contributed by atoms with Crippen LogP contribution in [0.15, 0.2) is 54.7 Å². The Morgan fingerprint density at radius 2 is 1.89 bits per heavy atom. The van der Waals surface area contributed by atoms with E-state index < -0.39 is 0 Å². The van der Waals surface area contributed by atoms with Gasteiger partial charge in [-0.1, -0.05) is 29.8 Å². The van der Waals surface area contributed by atoms with Gasteiger partial charge in [-0.25, -0.2) is 4.98 Å². The Morgan fingerprint density at radius 1 is 1.11 bits per heavy atom. The van der Waals surface area contributed by atoms with Gasteiger partial charge >= 0.3 is 0 Å². The van der Waals surface area contributed by atoms with Crippen LogP contribution in [0.2, 0.25) is 5.02 Å². The third kappa shape index (κ3) is 4.86. The van der Waals surface area contributed by atoms with E-state index in [1.165, 1.54) is 0 Å². The Balaban J connectivity index is 1.25. The molecule has 0 spiro atoms. The van der Waals surface area contributed by atoms with Gasteiger partial charge in [0.25, 0.3) is 11.8 Å². The van der Waals surface area contributed by atoms with E-state index in [-0.39, 0.29) is 29.8 Å². The number of nitrogens with one attached hydrogen (secondary N) is 1. The first kappa shape index (κ1) is 24.1. The number of fused-ring (bicyclic) bond motifs is 1. The first-order valence-electron chi connectivity index (χ1n) is 12.2. The average molecular weight is 505 g/mol. The molecule has 1 aromatic heterocycles. The number of anilines is 2. The minimum absolute atomic E-state index is 0.00869. The molecule has 2 amide bonds. The van der Waals surface area contributed by atoms with Crippen molar-refractivity contribution in [2.45, 2.75) is 37.8 Å². The minimum Gasteiger partial charge on any atom is -0.368 e. The van der Waals surface area contributed by atoms with Crippen molar-refractivity contribution in [3.8, 4) is 0 Å². The summed E-state index contributed by atoms with van der Waals surface area (Å²) >= 11 is 6.21. The van der Waals surface area contributed by atoms with Crippen molar-refractivity contribution in [1.29, 1.82) is 0 Å². The average Bonchev–Trinajstić information content (AvgIpc) is 3.30. The molecular weight excluding hydrogens is 476 g/mol. The number of hydrogen-bond donors (Lipinski definition) is 2. The standard InChI is InChI=1S/C27H29ClN6O2/c1-33(19-11-14-34(15-12-19)24-10-13-30-27(29)32-24)26(36)18-7-6-17-8-9-23(21(17)16-18)31-25(35)20-4-2-3-5-22(20)28/h2-7,10,13,16,19,23H,8-9,11-12,14-15H2,1H3,(H,31,35)(H2,29,30,32). The number of nitrogen functional groups attached to an aromatic ring is 1. The Morgan fingerprint density at radius 3 is 2.64 bits per heavy atom. The Bertz CT molecular complexity index is 1290. The molecule has 1 aliphatic carbocycles. The van der Waals surface area contributed by atoms with E-state index in [1.54, 1.807) is 30.5 Å². The fourth-order valence-electron chi connectivity index (χ4n) is 5.16. The second-order valence-electron chi connectivity index (χ2n) is 9.37. The summed E-state index contributed by atoms with van der Waals surface area (Å²) in [6, 6.07) is 14.7. The number of carbonyl (C=O) groups is 2. The van der Waals surface area contributed by atoms with E-state index in [0.29, 0.717) is 16.1 Å². The first-order valence-corrected chi connectivity index (χ1v) is 12.6. The maximum Gasteiger partial charge on any atom is 0.253 e. The molecule has 2 heterocycles. The summed E-state index contributed by atoms with van der Waals surface area (Å²) in [5.41, 5.74) is 8.99. The second-order valence-corrected chi connectivity index (χ2v) is 9.77. The lowest BCUT2D eigenvalue weighted by Crippen LogP contribution is -2.46. The van der Waals surface area contributed by atoms with Crippen LogP contribution in [0.25, 0.3) is 0 Å². The number of nitrogens with two attached hydrogens (primary N) is 1. The molecule has 8 nitrogen and oxygen atoms in total. The quantitative estimate of drug-likeness (QED) is 0.546. The van der Waals surface area contributed by atoms with Crippen LogP contribution in [-0.2, 0) is 6.42 Å². The minimum atomic E-state index is -0.204. The van der Waals surface area contributed by atoms with Crippen LogP contribution in [-0.4, -0.2) is 52.9 Å². The normalized spacial score (nSPS) is 17.5. The van der Waals surface area contributed by atoms with Crippen molar-refractivity contribution < 1.29 is 9.59 Å². The van der Waals surface area contributed by atoms with Gasteiger partial charge in [-0.05, 0) is 67.1 Å². The third-order valence-electron chi connectivity index (χ3n) is 7.21. The van der Waals surface area contributed by atoms with Crippen molar-refractivity contribution in [2.24, 2.45) is 0 Å². The highest BCUT2D eigenvalue weighted by atomic mass is 35.5. The van der Waals surface area contributed by atoms with E-state index in [4.69, 9.17) is 17.3 Å². The van der Waals surface area contributed by atoms with Crippen LogP contribution in [0.5, 0.6) is 0 Å². The summed E-state index contributed by atoms with van der Waals surface area (Å²) in [7, 11) is 1.87. The maximum atomic E-state index is 13.4. The fourth-order valence-corrected chi connectivity index (χ4v) is 5.38. The van der Waals surface area contributed by atoms with Gasteiger partial charge in [-0.15, -0.1) is 0 Å². The Labute approximate surface area is 215 Å². The largest absolute Gasteiger partial charge is 0.368 e. The molecule has 2 aliphatic rings. The van der Waals surface area contributed by atoms with Gasteiger partial charge in [0, 0.05) is 37.9 Å². The summed E-state index contributed by atoms with van der Waals surface area (Å²) in [5, 5.41) is 3.53. The van der Waals surface area contributed by atoms with Gasteiger partial charge in [0.05, 0.1) is 16.6 Å². The van der Waals surface area contributed by atoms with Crippen molar-refractivity contribution in [1.82, 2.24) is 20.2 Å². The summed E-state index contributed by atoms with van der Waals surface area (Å²) in [6.45, 7) is 1.58. The molecular formula is C27H29ClN6O2. The molecule has 3 N–H and O–H groups in total. The highest BCUT2D eigenvalue weighted by Gasteiger charge is 2.29. The molecule has 3 aromatic rings. The summed E-state index contributed by atoms with van der Waals surface area (Å²) in [5.74, 6) is 0.869. The van der Waals surface area contributed by atoms with Crippen molar-refractivity contribution in [3.63, 3.8) is 0 Å². The number of amides is 2. The van der Waals surface area contributed by atoms with Crippen LogP contribution in [0.3, 0.4) is 0 Å². The van der Waals surface area contributed by atoms with Crippen LogP contribution >= 0.6 is 11.6 Å². The van der Waals surface area contributed by atoms with E-state index in [1.807, 2.05) is 36.2 Å². The van der Waals surface area contributed by atoms with Gasteiger partial charge in [0.15, 0.2) is 0 Å². The first-order chi connectivity index (χ1) is 17.4. The molecule has 1 atom stereocenters. The number of benzene rings is 2. The molecule has 9 heteroatoms. The molecule has 0 radical (unpaired) electrons. The third-order valence-corrected chi connectivity index (χ3v) is 7.54. The molecule has 186 valence electrons.